The molecule has 1 saturated carbocycles. The zero-order valence-electron chi connectivity index (χ0n) is 24.2. The molecule has 7 heteroatoms. The van der Waals surface area contributed by atoms with Crippen molar-refractivity contribution >= 4 is 10.9 Å². The number of hydrogen-bond acceptors (Lipinski definition) is 6. The average molecular weight is 565 g/mol. The van der Waals surface area contributed by atoms with Gasteiger partial charge in [-0.1, -0.05) is 42.5 Å². The van der Waals surface area contributed by atoms with Gasteiger partial charge in [-0.05, 0) is 112 Å². The Morgan fingerprint density at radius 1 is 0.857 bits per heavy atom. The zero-order valence-corrected chi connectivity index (χ0v) is 24.2. The quantitative estimate of drug-likeness (QED) is 0.307. The number of ether oxygens (including phenoxy) is 2. The predicted molar refractivity (Wildman–Crippen MR) is 165 cm³/mol. The summed E-state index contributed by atoms with van der Waals surface area (Å²) >= 11 is 0. The van der Waals surface area contributed by atoms with Crippen molar-refractivity contribution in [2.45, 2.75) is 69.3 Å². The molecule has 0 radical (unpaired) electrons. The Kier molecular flexibility index (Phi) is 8.05. The molecule has 3 aliphatic rings. The van der Waals surface area contributed by atoms with E-state index in [-0.39, 0.29) is 5.56 Å². The van der Waals surface area contributed by atoms with Crippen molar-refractivity contribution in [3.05, 3.63) is 101 Å². The molecule has 0 atom stereocenters. The molecular weight excluding hydrogens is 524 g/mol. The third-order valence-electron chi connectivity index (χ3n) is 9.41. The van der Waals surface area contributed by atoms with Crippen molar-refractivity contribution in [2.24, 2.45) is 0 Å². The van der Waals surface area contributed by atoms with Crippen LogP contribution in [0.3, 0.4) is 0 Å². The van der Waals surface area contributed by atoms with Crippen LogP contribution >= 0.6 is 0 Å². The lowest BCUT2D eigenvalue weighted by Crippen LogP contribution is -2.51. The van der Waals surface area contributed by atoms with Crippen LogP contribution in [-0.2, 0) is 11.3 Å². The number of nitrogens with one attached hydrogen (secondary N) is 1. The van der Waals surface area contributed by atoms with Crippen LogP contribution in [0.15, 0.2) is 83.9 Å². The molecule has 42 heavy (non-hydrogen) atoms. The summed E-state index contributed by atoms with van der Waals surface area (Å²) in [7, 11) is 0. The van der Waals surface area contributed by atoms with Crippen LogP contribution in [0.2, 0.25) is 0 Å². The molecule has 0 spiro atoms. The fourth-order valence-corrected chi connectivity index (χ4v) is 6.77. The first-order valence-electron chi connectivity index (χ1n) is 15.6. The summed E-state index contributed by atoms with van der Waals surface area (Å²) < 4.78 is 13.9. The molecule has 7 rings (SSSR count). The Bertz CT molecular complexity index is 1530. The molecule has 3 aromatic carbocycles. The highest BCUT2D eigenvalue weighted by molar-refractivity contribution is 5.79. The van der Waals surface area contributed by atoms with Crippen LogP contribution in [0, 0.1) is 0 Å². The van der Waals surface area contributed by atoms with Gasteiger partial charge in [-0.25, -0.2) is 4.98 Å². The number of benzene rings is 3. The number of aromatic nitrogens is 2. The minimum Gasteiger partial charge on any atom is -0.489 e. The first kappa shape index (κ1) is 27.3. The first-order valence-corrected chi connectivity index (χ1v) is 15.6. The summed E-state index contributed by atoms with van der Waals surface area (Å²) in [5.74, 6) is 1.23. The van der Waals surface area contributed by atoms with E-state index in [0.29, 0.717) is 47.4 Å². The van der Waals surface area contributed by atoms with Gasteiger partial charge in [0.05, 0.1) is 28.8 Å². The van der Waals surface area contributed by atoms with Crippen LogP contribution < -0.4 is 15.6 Å². The van der Waals surface area contributed by atoms with Gasteiger partial charge < -0.3 is 19.7 Å². The molecule has 1 aromatic heterocycles. The maximum Gasteiger partial charge on any atom is 0.265 e. The Labute approximate surface area is 247 Å². The molecule has 1 aliphatic carbocycles. The van der Waals surface area contributed by atoms with Gasteiger partial charge in [-0.2, -0.15) is 0 Å². The normalized spacial score (nSPS) is 22.2. The maximum atomic E-state index is 13.5. The van der Waals surface area contributed by atoms with Crippen LogP contribution in [0.4, 0.5) is 0 Å². The highest BCUT2D eigenvalue weighted by atomic mass is 16.5. The third-order valence-corrected chi connectivity index (χ3v) is 9.41. The topological polar surface area (TPSA) is 68.6 Å². The third kappa shape index (κ3) is 6.00. The number of fused-ring (bicyclic) bond motifs is 1. The second-order valence-corrected chi connectivity index (χ2v) is 12.1. The van der Waals surface area contributed by atoms with Crippen molar-refractivity contribution in [1.82, 2.24) is 19.8 Å². The van der Waals surface area contributed by atoms with E-state index in [9.17, 15) is 4.79 Å². The molecule has 218 valence electrons. The van der Waals surface area contributed by atoms with Crippen molar-refractivity contribution in [1.29, 1.82) is 0 Å². The molecule has 3 heterocycles. The summed E-state index contributed by atoms with van der Waals surface area (Å²) in [5, 5.41) is 3.98. The number of nitrogens with zero attached hydrogens (tertiary/aromatic N) is 3. The number of rotatable bonds is 8. The van der Waals surface area contributed by atoms with E-state index < -0.39 is 0 Å². The van der Waals surface area contributed by atoms with Crippen LogP contribution in [0.25, 0.3) is 16.6 Å². The maximum absolute atomic E-state index is 13.5. The van der Waals surface area contributed by atoms with E-state index in [4.69, 9.17) is 9.47 Å². The summed E-state index contributed by atoms with van der Waals surface area (Å²) in [5.41, 5.74) is 3.86. The van der Waals surface area contributed by atoms with Crippen molar-refractivity contribution in [3.8, 4) is 11.4 Å². The fourth-order valence-electron chi connectivity index (χ4n) is 6.77. The molecule has 2 aliphatic heterocycles. The lowest BCUT2D eigenvalue weighted by Gasteiger charge is -2.46. The number of hydrogen-bond donors (Lipinski definition) is 1. The second-order valence-electron chi connectivity index (χ2n) is 12.1. The monoisotopic (exact) mass is 564 g/mol. The smallest absolute Gasteiger partial charge is 0.265 e. The van der Waals surface area contributed by atoms with Gasteiger partial charge in [0.2, 0.25) is 0 Å². The summed E-state index contributed by atoms with van der Waals surface area (Å²) in [6.07, 6.45) is 9.61. The predicted octanol–water partition coefficient (Wildman–Crippen LogP) is 5.44. The zero-order chi connectivity index (χ0) is 28.3. The van der Waals surface area contributed by atoms with Crippen LogP contribution in [0.1, 0.15) is 55.6 Å². The van der Waals surface area contributed by atoms with Gasteiger partial charge in [0.15, 0.2) is 0 Å². The van der Waals surface area contributed by atoms with E-state index in [1.165, 1.54) is 31.2 Å². The minimum atomic E-state index is -0.0887. The van der Waals surface area contributed by atoms with Crippen molar-refractivity contribution in [2.75, 3.05) is 26.2 Å². The molecule has 1 N–H and O–H groups in total. The first-order chi connectivity index (χ1) is 20.7. The van der Waals surface area contributed by atoms with Crippen molar-refractivity contribution in [3.63, 3.8) is 0 Å². The van der Waals surface area contributed by atoms with Gasteiger partial charge in [0, 0.05) is 6.04 Å². The Morgan fingerprint density at radius 2 is 1.62 bits per heavy atom. The Hall–Kier alpha value is -3.52. The van der Waals surface area contributed by atoms with Crippen LogP contribution in [0.5, 0.6) is 5.75 Å². The molecule has 4 aromatic rings. The van der Waals surface area contributed by atoms with Gasteiger partial charge in [-0.15, -0.1) is 0 Å². The highest BCUT2D eigenvalue weighted by Gasteiger charge is 2.37. The van der Waals surface area contributed by atoms with Gasteiger partial charge in [0.25, 0.3) is 5.56 Å². The summed E-state index contributed by atoms with van der Waals surface area (Å²) in [6.45, 7) is 4.95. The van der Waals surface area contributed by atoms with E-state index in [2.05, 4.69) is 39.5 Å². The molecule has 7 nitrogen and oxygen atoms in total. The molecule has 0 amide bonds. The van der Waals surface area contributed by atoms with E-state index >= 15 is 0 Å². The van der Waals surface area contributed by atoms with Gasteiger partial charge >= 0.3 is 0 Å². The second kappa shape index (κ2) is 12.4. The van der Waals surface area contributed by atoms with Gasteiger partial charge in [0.1, 0.15) is 18.7 Å². The number of piperidine rings is 2. The minimum absolute atomic E-state index is 0.0887. The SMILES string of the molecule is O=c1c2cc(OCc3ccccc3)ccc2ncn1-c1ccc(C2CCN([C@H]3C[C@H](OC4CCNCC4)C3)CC2)cc1. The summed E-state index contributed by atoms with van der Waals surface area (Å²) in [6, 6.07) is 24.7. The Morgan fingerprint density at radius 3 is 2.38 bits per heavy atom. The molecular formula is C35H40N4O3. The lowest BCUT2D eigenvalue weighted by atomic mass is 9.83. The molecule has 0 bridgehead atoms. The lowest BCUT2D eigenvalue weighted by molar-refractivity contribution is -0.0981. The Balaban J connectivity index is 0.954. The van der Waals surface area contributed by atoms with E-state index in [0.717, 1.165) is 50.3 Å². The average Bonchev–Trinajstić information content (AvgIpc) is 3.03. The molecule has 2 saturated heterocycles. The van der Waals surface area contributed by atoms with Crippen LogP contribution in [-0.4, -0.2) is 58.9 Å². The molecule has 3 fully saturated rings. The molecule has 0 unspecified atom stereocenters. The van der Waals surface area contributed by atoms with E-state index in [1.807, 2.05) is 42.5 Å². The fraction of sp³-hybridized carbons (Fsp3) is 0.429. The number of likely N-dealkylation sites (tertiary alicyclic amines) is 1. The highest BCUT2D eigenvalue weighted by Crippen LogP contribution is 2.35. The standard InChI is InChI=1S/C35H40N4O3/c40-35-33-22-31(41-23-25-4-2-1-3-5-25)10-11-34(33)37-24-39(35)28-8-6-26(7-9-28)27-14-18-38(19-15-27)29-20-32(21-29)42-30-12-16-36-17-13-30/h1-11,22,24,27,29-30,32,36H,12-21,23H2/t29-,32-. The van der Waals surface area contributed by atoms with E-state index in [1.54, 1.807) is 17.0 Å². The largest absolute Gasteiger partial charge is 0.489 e. The van der Waals surface area contributed by atoms with Gasteiger partial charge in [-0.3, -0.25) is 9.36 Å². The van der Waals surface area contributed by atoms with Crippen molar-refractivity contribution < 1.29 is 9.47 Å². The summed E-state index contributed by atoms with van der Waals surface area (Å²) in [4.78, 5) is 20.7.